The minimum Gasteiger partial charge on any atom is -0.493 e. The molecule has 2 aromatic rings. The number of ether oxygens (including phenoxy) is 3. The number of nitrogens with one attached hydrogen (secondary N) is 1. The zero-order chi connectivity index (χ0) is 20.7. The number of anilines is 1. The van der Waals surface area contributed by atoms with Crippen molar-refractivity contribution in [2.75, 3.05) is 26.6 Å². The molecule has 0 heterocycles. The molecule has 0 atom stereocenters. The van der Waals surface area contributed by atoms with E-state index in [4.69, 9.17) is 25.8 Å². The van der Waals surface area contributed by atoms with Crippen LogP contribution < -0.4 is 19.5 Å². The highest BCUT2D eigenvalue weighted by molar-refractivity contribution is 6.32. The maximum atomic E-state index is 12.6. The number of aryl methyl sites for hydroxylation is 2. The topological polar surface area (TPSA) is 56.8 Å². The van der Waals surface area contributed by atoms with E-state index in [0.29, 0.717) is 35.1 Å². The van der Waals surface area contributed by atoms with Crippen molar-refractivity contribution in [3.8, 4) is 17.2 Å². The van der Waals surface area contributed by atoms with Crippen molar-refractivity contribution in [2.45, 2.75) is 39.5 Å². The molecule has 0 saturated heterocycles. The van der Waals surface area contributed by atoms with Crippen LogP contribution in [0.15, 0.2) is 24.3 Å². The number of hydrogen-bond acceptors (Lipinski definition) is 4. The highest BCUT2D eigenvalue weighted by Gasteiger charge is 2.16. The summed E-state index contributed by atoms with van der Waals surface area (Å²) in [7, 11) is 4.71. The van der Waals surface area contributed by atoms with Crippen molar-refractivity contribution in [1.82, 2.24) is 0 Å². The van der Waals surface area contributed by atoms with Crippen molar-refractivity contribution in [3.63, 3.8) is 0 Å². The van der Waals surface area contributed by atoms with Crippen molar-refractivity contribution in [2.24, 2.45) is 0 Å². The van der Waals surface area contributed by atoms with Crippen LogP contribution in [0, 0.1) is 0 Å². The Morgan fingerprint density at radius 3 is 2.14 bits per heavy atom. The molecule has 0 spiro atoms. The lowest BCUT2D eigenvalue weighted by Gasteiger charge is -2.16. The monoisotopic (exact) mass is 405 g/mol. The second-order valence-electron chi connectivity index (χ2n) is 6.35. The van der Waals surface area contributed by atoms with E-state index >= 15 is 0 Å². The van der Waals surface area contributed by atoms with E-state index in [-0.39, 0.29) is 5.91 Å². The Kier molecular flexibility index (Phi) is 8.00. The molecule has 0 aliphatic carbocycles. The van der Waals surface area contributed by atoms with E-state index < -0.39 is 0 Å². The highest BCUT2D eigenvalue weighted by Crippen LogP contribution is 2.38. The molecule has 5 nitrogen and oxygen atoms in total. The number of amides is 1. The third-order valence-electron chi connectivity index (χ3n) is 4.71. The summed E-state index contributed by atoms with van der Waals surface area (Å²) in [5.74, 6) is 1.64. The molecule has 0 aliphatic rings. The molecule has 0 bridgehead atoms. The van der Waals surface area contributed by atoms with Gasteiger partial charge in [-0.05, 0) is 54.2 Å². The first kappa shape index (κ1) is 21.9. The lowest BCUT2D eigenvalue weighted by molar-refractivity contribution is -0.116. The lowest BCUT2D eigenvalue weighted by Crippen LogP contribution is -2.15. The van der Waals surface area contributed by atoms with Gasteiger partial charge < -0.3 is 19.5 Å². The zero-order valence-electron chi connectivity index (χ0n) is 17.1. The van der Waals surface area contributed by atoms with Gasteiger partial charge in [-0.3, -0.25) is 4.79 Å². The van der Waals surface area contributed by atoms with E-state index in [1.54, 1.807) is 21.3 Å². The minimum absolute atomic E-state index is 0.0552. The molecule has 0 aliphatic heterocycles. The van der Waals surface area contributed by atoms with Crippen molar-refractivity contribution in [3.05, 3.63) is 46.0 Å². The van der Waals surface area contributed by atoms with Crippen LogP contribution in [0.5, 0.6) is 17.2 Å². The number of carbonyl (C=O) groups excluding carboxylic acids is 1. The second-order valence-corrected chi connectivity index (χ2v) is 6.76. The quantitative estimate of drug-likeness (QED) is 0.633. The number of benzene rings is 2. The first-order valence-corrected chi connectivity index (χ1v) is 9.75. The first-order chi connectivity index (χ1) is 13.5. The summed E-state index contributed by atoms with van der Waals surface area (Å²) >= 11 is 6.32. The molecule has 28 heavy (non-hydrogen) atoms. The van der Waals surface area contributed by atoms with Gasteiger partial charge in [0.15, 0.2) is 11.5 Å². The molecule has 2 rings (SSSR count). The van der Waals surface area contributed by atoms with Crippen LogP contribution in [0.25, 0.3) is 0 Å². The Bertz CT molecular complexity index is 811. The fourth-order valence-corrected chi connectivity index (χ4v) is 3.50. The van der Waals surface area contributed by atoms with E-state index in [9.17, 15) is 4.79 Å². The van der Waals surface area contributed by atoms with Crippen LogP contribution in [-0.4, -0.2) is 27.2 Å². The van der Waals surface area contributed by atoms with Crippen LogP contribution in [0.2, 0.25) is 5.02 Å². The molecule has 0 unspecified atom stereocenters. The molecular formula is C22H28ClNO4. The van der Waals surface area contributed by atoms with Crippen LogP contribution in [0.3, 0.4) is 0 Å². The average Bonchev–Trinajstić information content (AvgIpc) is 2.71. The normalized spacial score (nSPS) is 10.5. The molecule has 0 aromatic heterocycles. The van der Waals surface area contributed by atoms with E-state index in [1.807, 2.05) is 31.2 Å². The lowest BCUT2D eigenvalue weighted by atomic mass is 10.0. The van der Waals surface area contributed by atoms with Gasteiger partial charge in [-0.15, -0.1) is 0 Å². The number of halogens is 1. The summed E-state index contributed by atoms with van der Waals surface area (Å²) in [5, 5.41) is 3.74. The second kappa shape index (κ2) is 10.2. The largest absolute Gasteiger partial charge is 0.493 e. The standard InChI is InChI=1S/C22H28ClNO4/c1-6-15-9-10-17(23)16(7-2)21(15)24-20(25)11-8-14-12-18(26-3)22(28-5)19(13-14)27-4/h9-10,12-13H,6-8,11H2,1-5H3,(H,24,25). The number of hydrogen-bond donors (Lipinski definition) is 1. The molecular weight excluding hydrogens is 378 g/mol. The van der Waals surface area contributed by atoms with Gasteiger partial charge >= 0.3 is 0 Å². The van der Waals surface area contributed by atoms with E-state index in [1.165, 1.54) is 0 Å². The smallest absolute Gasteiger partial charge is 0.224 e. The number of carbonyl (C=O) groups is 1. The van der Waals surface area contributed by atoms with Gasteiger partial charge in [-0.25, -0.2) is 0 Å². The van der Waals surface area contributed by atoms with Crippen LogP contribution >= 0.6 is 11.6 Å². The van der Waals surface area contributed by atoms with Gasteiger partial charge in [0.2, 0.25) is 11.7 Å². The van der Waals surface area contributed by atoms with Crippen LogP contribution in [0.1, 0.15) is 37.0 Å². The zero-order valence-corrected chi connectivity index (χ0v) is 17.9. The average molecular weight is 406 g/mol. The molecule has 1 amide bonds. The molecule has 0 radical (unpaired) electrons. The Labute approximate surface area is 171 Å². The van der Waals surface area contributed by atoms with Gasteiger partial charge in [-0.1, -0.05) is 31.5 Å². The van der Waals surface area contributed by atoms with Crippen molar-refractivity contribution < 1.29 is 19.0 Å². The Balaban J connectivity index is 2.17. The van der Waals surface area contributed by atoms with E-state index in [0.717, 1.165) is 35.2 Å². The maximum Gasteiger partial charge on any atom is 0.224 e. The molecule has 1 N–H and O–H groups in total. The van der Waals surface area contributed by atoms with Crippen LogP contribution in [-0.2, 0) is 24.1 Å². The summed E-state index contributed by atoms with van der Waals surface area (Å²) < 4.78 is 16.1. The molecule has 2 aromatic carbocycles. The van der Waals surface area contributed by atoms with Gasteiger partial charge in [-0.2, -0.15) is 0 Å². The fraction of sp³-hybridized carbons (Fsp3) is 0.409. The fourth-order valence-electron chi connectivity index (χ4n) is 3.21. The predicted octanol–water partition coefficient (Wildman–Crippen LogP) is 5.06. The van der Waals surface area contributed by atoms with Crippen molar-refractivity contribution >= 4 is 23.2 Å². The summed E-state index contributed by atoms with van der Waals surface area (Å²) in [6.07, 6.45) is 2.46. The third kappa shape index (κ3) is 4.90. The Morgan fingerprint density at radius 2 is 1.64 bits per heavy atom. The molecule has 0 saturated carbocycles. The molecule has 0 fully saturated rings. The number of methoxy groups -OCH3 is 3. The minimum atomic E-state index is -0.0552. The summed E-state index contributed by atoms with van der Waals surface area (Å²) in [5.41, 5.74) is 3.83. The van der Waals surface area contributed by atoms with Gasteiger partial charge in [0, 0.05) is 17.1 Å². The first-order valence-electron chi connectivity index (χ1n) is 9.37. The van der Waals surface area contributed by atoms with Gasteiger partial charge in [0.1, 0.15) is 0 Å². The summed E-state index contributed by atoms with van der Waals surface area (Å²) in [4.78, 5) is 12.6. The maximum absolute atomic E-state index is 12.6. The Hall–Kier alpha value is -2.40. The Morgan fingerprint density at radius 1 is 1.00 bits per heavy atom. The molecule has 6 heteroatoms. The van der Waals surface area contributed by atoms with E-state index in [2.05, 4.69) is 12.2 Å². The summed E-state index contributed by atoms with van der Waals surface area (Å²) in [6, 6.07) is 7.59. The number of rotatable bonds is 9. The van der Waals surface area contributed by atoms with Gasteiger partial charge in [0.05, 0.1) is 21.3 Å². The van der Waals surface area contributed by atoms with Gasteiger partial charge in [0.25, 0.3) is 0 Å². The van der Waals surface area contributed by atoms with Crippen LogP contribution in [0.4, 0.5) is 5.69 Å². The highest BCUT2D eigenvalue weighted by atomic mass is 35.5. The predicted molar refractivity (Wildman–Crippen MR) is 113 cm³/mol. The third-order valence-corrected chi connectivity index (χ3v) is 5.06. The molecule has 152 valence electrons. The summed E-state index contributed by atoms with van der Waals surface area (Å²) in [6.45, 7) is 4.10. The van der Waals surface area contributed by atoms with Crippen molar-refractivity contribution in [1.29, 1.82) is 0 Å². The SMILES string of the molecule is CCc1ccc(Cl)c(CC)c1NC(=O)CCc1cc(OC)c(OC)c(OC)c1.